The minimum atomic E-state index is -0.0745. The first-order valence-corrected chi connectivity index (χ1v) is 9.84. The van der Waals surface area contributed by atoms with Gasteiger partial charge in [-0.3, -0.25) is 9.69 Å². The van der Waals surface area contributed by atoms with E-state index in [0.29, 0.717) is 37.0 Å². The zero-order valence-corrected chi connectivity index (χ0v) is 16.8. The van der Waals surface area contributed by atoms with Gasteiger partial charge in [0, 0.05) is 26.8 Å². The molecule has 150 valence electrons. The van der Waals surface area contributed by atoms with Crippen LogP contribution in [-0.4, -0.2) is 37.7 Å². The van der Waals surface area contributed by atoms with Gasteiger partial charge in [0.1, 0.15) is 18.2 Å². The second-order valence-corrected chi connectivity index (χ2v) is 7.28. The van der Waals surface area contributed by atoms with Crippen molar-refractivity contribution in [1.82, 2.24) is 4.90 Å². The van der Waals surface area contributed by atoms with Crippen LogP contribution in [0.25, 0.3) is 6.08 Å². The second kappa shape index (κ2) is 8.64. The Balaban J connectivity index is 1.57. The molecule has 5 nitrogen and oxygen atoms in total. The summed E-state index contributed by atoms with van der Waals surface area (Å²) in [6, 6.07) is 11.9. The SMILES string of the molecule is COCCCN1COc2cc(C)c3c(c2C1)O/C(=C\C=C\c1ccccc1)C3=O. The molecule has 5 heteroatoms. The highest BCUT2D eigenvalue weighted by Gasteiger charge is 2.35. The maximum absolute atomic E-state index is 12.9. The molecule has 2 aliphatic heterocycles. The van der Waals surface area contributed by atoms with Crippen molar-refractivity contribution >= 4 is 11.9 Å². The van der Waals surface area contributed by atoms with E-state index in [9.17, 15) is 4.79 Å². The number of Topliss-reactive ketones (excluding diaryl/α,β-unsaturated/α-hetero) is 1. The molecule has 0 aromatic heterocycles. The molecule has 0 spiro atoms. The highest BCUT2D eigenvalue weighted by Crippen LogP contribution is 2.43. The number of allylic oxidation sites excluding steroid dienone is 3. The summed E-state index contributed by atoms with van der Waals surface area (Å²) >= 11 is 0. The number of methoxy groups -OCH3 is 1. The number of nitrogens with zero attached hydrogens (tertiary/aromatic N) is 1. The topological polar surface area (TPSA) is 48.0 Å². The summed E-state index contributed by atoms with van der Waals surface area (Å²) in [6.45, 7) is 4.74. The lowest BCUT2D eigenvalue weighted by Crippen LogP contribution is -2.33. The van der Waals surface area contributed by atoms with Gasteiger partial charge in [-0.05, 0) is 36.6 Å². The number of fused-ring (bicyclic) bond motifs is 3. The molecule has 2 aromatic carbocycles. The van der Waals surface area contributed by atoms with Crippen molar-refractivity contribution in [1.29, 1.82) is 0 Å². The molecule has 0 unspecified atom stereocenters. The van der Waals surface area contributed by atoms with Crippen molar-refractivity contribution in [2.45, 2.75) is 19.9 Å². The Labute approximate surface area is 171 Å². The lowest BCUT2D eigenvalue weighted by Gasteiger charge is -2.30. The van der Waals surface area contributed by atoms with Gasteiger partial charge in [0.15, 0.2) is 5.76 Å². The van der Waals surface area contributed by atoms with Gasteiger partial charge in [-0.25, -0.2) is 0 Å². The molecule has 2 aliphatic rings. The smallest absolute Gasteiger partial charge is 0.232 e. The monoisotopic (exact) mass is 391 g/mol. The van der Waals surface area contributed by atoms with Crippen LogP contribution in [0, 0.1) is 6.92 Å². The van der Waals surface area contributed by atoms with Gasteiger partial charge in [-0.1, -0.05) is 42.5 Å². The van der Waals surface area contributed by atoms with Crippen molar-refractivity contribution in [3.05, 3.63) is 76.6 Å². The zero-order chi connectivity index (χ0) is 20.2. The standard InChI is InChI=1S/C24H25NO4/c1-17-14-21-19(15-25(16-28-21)12-7-13-27-2)24-22(17)23(26)20(29-24)11-6-10-18-8-4-3-5-9-18/h3-6,8-11,14H,7,12-13,15-16H2,1-2H3/b10-6+,20-11-. The van der Waals surface area contributed by atoms with Crippen LogP contribution in [0.1, 0.15) is 33.5 Å². The van der Waals surface area contributed by atoms with Crippen molar-refractivity contribution in [2.24, 2.45) is 0 Å². The van der Waals surface area contributed by atoms with Crippen molar-refractivity contribution in [2.75, 3.05) is 27.0 Å². The Morgan fingerprint density at radius 3 is 2.86 bits per heavy atom. The second-order valence-electron chi connectivity index (χ2n) is 7.28. The molecule has 0 amide bonds. The van der Waals surface area contributed by atoms with E-state index in [-0.39, 0.29) is 5.78 Å². The summed E-state index contributed by atoms with van der Waals surface area (Å²) in [5.74, 6) is 1.72. The van der Waals surface area contributed by atoms with Crippen molar-refractivity contribution in [3.63, 3.8) is 0 Å². The largest absolute Gasteiger partial charge is 0.478 e. The molecule has 0 saturated carbocycles. The number of carbonyl (C=O) groups is 1. The first-order valence-electron chi connectivity index (χ1n) is 9.84. The number of hydrogen-bond donors (Lipinski definition) is 0. The average molecular weight is 391 g/mol. The first kappa shape index (κ1) is 19.4. The molecule has 0 aliphatic carbocycles. The van der Waals surface area contributed by atoms with Crippen LogP contribution in [0.3, 0.4) is 0 Å². The molecule has 2 aromatic rings. The molecule has 0 bridgehead atoms. The van der Waals surface area contributed by atoms with Crippen LogP contribution in [-0.2, 0) is 11.3 Å². The van der Waals surface area contributed by atoms with Gasteiger partial charge in [0.25, 0.3) is 0 Å². The number of ketones is 1. The third-order valence-corrected chi connectivity index (χ3v) is 5.15. The van der Waals surface area contributed by atoms with E-state index in [1.165, 1.54) is 0 Å². The number of hydrogen-bond acceptors (Lipinski definition) is 5. The van der Waals surface area contributed by atoms with Crippen LogP contribution >= 0.6 is 0 Å². The van der Waals surface area contributed by atoms with Crippen LogP contribution in [0.4, 0.5) is 0 Å². The highest BCUT2D eigenvalue weighted by molar-refractivity contribution is 6.14. The van der Waals surface area contributed by atoms with Gasteiger partial charge >= 0.3 is 0 Å². The molecule has 4 rings (SSSR count). The van der Waals surface area contributed by atoms with E-state index in [4.69, 9.17) is 14.2 Å². The lowest BCUT2D eigenvalue weighted by molar-refractivity contribution is 0.0822. The molecular weight excluding hydrogens is 366 g/mol. The predicted octanol–water partition coefficient (Wildman–Crippen LogP) is 4.36. The average Bonchev–Trinajstić information content (AvgIpc) is 3.07. The van der Waals surface area contributed by atoms with Crippen molar-refractivity contribution < 1.29 is 19.0 Å². The van der Waals surface area contributed by atoms with Gasteiger partial charge in [-0.2, -0.15) is 0 Å². The predicted molar refractivity (Wildman–Crippen MR) is 112 cm³/mol. The molecule has 0 saturated heterocycles. The summed E-state index contributed by atoms with van der Waals surface area (Å²) in [7, 11) is 1.71. The Bertz CT molecular complexity index is 963. The molecule has 0 fully saturated rings. The summed E-state index contributed by atoms with van der Waals surface area (Å²) < 4.78 is 17.1. The molecule has 0 radical (unpaired) electrons. The third-order valence-electron chi connectivity index (χ3n) is 5.15. The van der Waals surface area contributed by atoms with Crippen LogP contribution in [0.2, 0.25) is 0 Å². The summed E-state index contributed by atoms with van der Waals surface area (Å²) in [6.07, 6.45) is 6.47. The van der Waals surface area contributed by atoms with Crippen LogP contribution in [0.15, 0.2) is 54.3 Å². The summed E-state index contributed by atoms with van der Waals surface area (Å²) in [5, 5.41) is 0. The molecule has 0 atom stereocenters. The zero-order valence-electron chi connectivity index (χ0n) is 16.8. The normalized spacial score (nSPS) is 17.3. The molecule has 29 heavy (non-hydrogen) atoms. The number of benzene rings is 2. The van der Waals surface area contributed by atoms with E-state index in [1.54, 1.807) is 13.2 Å². The van der Waals surface area contributed by atoms with E-state index in [0.717, 1.165) is 35.4 Å². The molecular formula is C24H25NO4. The van der Waals surface area contributed by atoms with Gasteiger partial charge in [0.2, 0.25) is 5.78 Å². The Kier molecular flexibility index (Phi) is 5.79. The van der Waals surface area contributed by atoms with Gasteiger partial charge < -0.3 is 14.2 Å². The fourth-order valence-electron chi connectivity index (χ4n) is 3.68. The fraction of sp³-hybridized carbons (Fsp3) is 0.292. The summed E-state index contributed by atoms with van der Waals surface area (Å²) in [5.41, 5.74) is 3.54. The van der Waals surface area contributed by atoms with Gasteiger partial charge in [0.05, 0.1) is 11.1 Å². The van der Waals surface area contributed by atoms with Crippen LogP contribution in [0.5, 0.6) is 11.5 Å². The highest BCUT2D eigenvalue weighted by atomic mass is 16.5. The lowest BCUT2D eigenvalue weighted by atomic mass is 9.99. The van der Waals surface area contributed by atoms with Crippen LogP contribution < -0.4 is 9.47 Å². The maximum atomic E-state index is 12.9. The van der Waals surface area contributed by atoms with E-state index in [2.05, 4.69) is 4.90 Å². The number of aryl methyl sites for hydroxylation is 1. The minimum Gasteiger partial charge on any atom is -0.478 e. The number of ether oxygens (including phenoxy) is 3. The van der Waals surface area contributed by atoms with E-state index in [1.807, 2.05) is 55.5 Å². The fourth-order valence-corrected chi connectivity index (χ4v) is 3.68. The molecule has 0 N–H and O–H groups in total. The Morgan fingerprint density at radius 1 is 1.24 bits per heavy atom. The quantitative estimate of drug-likeness (QED) is 0.541. The van der Waals surface area contributed by atoms with Gasteiger partial charge in [-0.15, -0.1) is 0 Å². The summed E-state index contributed by atoms with van der Waals surface area (Å²) in [4.78, 5) is 15.1. The Hall–Kier alpha value is -2.89. The Morgan fingerprint density at radius 2 is 2.07 bits per heavy atom. The number of rotatable bonds is 6. The first-order chi connectivity index (χ1) is 14.2. The molecule has 2 heterocycles. The number of carbonyl (C=O) groups excluding carboxylic acids is 1. The minimum absolute atomic E-state index is 0.0745. The third kappa shape index (κ3) is 4.11. The maximum Gasteiger partial charge on any atom is 0.232 e. The van der Waals surface area contributed by atoms with E-state index < -0.39 is 0 Å². The van der Waals surface area contributed by atoms with E-state index >= 15 is 0 Å². The van der Waals surface area contributed by atoms with Crippen molar-refractivity contribution in [3.8, 4) is 11.5 Å².